The van der Waals surface area contributed by atoms with Gasteiger partial charge in [-0.3, -0.25) is 4.68 Å². The van der Waals surface area contributed by atoms with Gasteiger partial charge in [-0.05, 0) is 30.2 Å². The van der Waals surface area contributed by atoms with Crippen LogP contribution in [0.2, 0.25) is 5.02 Å². The van der Waals surface area contributed by atoms with E-state index in [4.69, 9.17) is 16.7 Å². The average molecular weight is 251 g/mol. The summed E-state index contributed by atoms with van der Waals surface area (Å²) >= 11 is 5.78. The van der Waals surface area contributed by atoms with Gasteiger partial charge in [-0.15, -0.1) is 0 Å². The van der Waals surface area contributed by atoms with Gasteiger partial charge in [0.25, 0.3) is 0 Å². The fourth-order valence-electron chi connectivity index (χ4n) is 1.58. The normalized spacial score (nSPS) is 10.4. The highest BCUT2D eigenvalue weighted by molar-refractivity contribution is 6.30. The van der Waals surface area contributed by atoms with E-state index >= 15 is 0 Å². The second kappa shape index (κ2) is 5.01. The number of hydrogen-bond acceptors (Lipinski definition) is 2. The molecule has 0 amide bonds. The fourth-order valence-corrected chi connectivity index (χ4v) is 1.70. The number of nitrogens with zero attached hydrogens (tertiary/aromatic N) is 2. The lowest BCUT2D eigenvalue weighted by Crippen LogP contribution is -2.11. The first-order valence-corrected chi connectivity index (χ1v) is 5.54. The van der Waals surface area contributed by atoms with Crippen LogP contribution in [0.1, 0.15) is 16.1 Å². The van der Waals surface area contributed by atoms with E-state index < -0.39 is 5.97 Å². The number of aryl methyl sites for hydroxylation is 2. The molecule has 0 aliphatic heterocycles. The third-order valence-corrected chi connectivity index (χ3v) is 2.71. The molecule has 0 aliphatic rings. The first-order chi connectivity index (χ1) is 8.16. The summed E-state index contributed by atoms with van der Waals surface area (Å²) in [7, 11) is 0. The van der Waals surface area contributed by atoms with Crippen LogP contribution in [0.25, 0.3) is 0 Å². The molecule has 5 heteroatoms. The van der Waals surface area contributed by atoms with Crippen molar-refractivity contribution in [1.29, 1.82) is 0 Å². The van der Waals surface area contributed by atoms with Crippen LogP contribution in [-0.4, -0.2) is 20.9 Å². The SMILES string of the molecule is O=C(O)c1ccnn1CCc1ccc(Cl)cc1. The second-order valence-corrected chi connectivity index (χ2v) is 4.06. The topological polar surface area (TPSA) is 55.1 Å². The molecule has 17 heavy (non-hydrogen) atoms. The van der Waals surface area contributed by atoms with Crippen LogP contribution in [0.4, 0.5) is 0 Å². The lowest BCUT2D eigenvalue weighted by Gasteiger charge is -2.04. The van der Waals surface area contributed by atoms with Crippen molar-refractivity contribution in [1.82, 2.24) is 9.78 Å². The summed E-state index contributed by atoms with van der Waals surface area (Å²) < 4.78 is 1.48. The summed E-state index contributed by atoms with van der Waals surface area (Å²) in [6, 6.07) is 8.97. The number of aromatic carboxylic acids is 1. The van der Waals surface area contributed by atoms with Gasteiger partial charge in [0.05, 0.1) is 0 Å². The number of halogens is 1. The van der Waals surface area contributed by atoms with Gasteiger partial charge in [0.2, 0.25) is 0 Å². The van der Waals surface area contributed by atoms with E-state index in [0.717, 1.165) is 12.0 Å². The van der Waals surface area contributed by atoms with Crippen LogP contribution in [-0.2, 0) is 13.0 Å². The van der Waals surface area contributed by atoms with E-state index in [1.165, 1.54) is 16.9 Å². The predicted octanol–water partition coefficient (Wildman–Crippen LogP) is 2.48. The van der Waals surface area contributed by atoms with Crippen LogP contribution < -0.4 is 0 Å². The average Bonchev–Trinajstić information content (AvgIpc) is 2.76. The fraction of sp³-hybridized carbons (Fsp3) is 0.167. The summed E-state index contributed by atoms with van der Waals surface area (Å²) in [6.45, 7) is 0.538. The Morgan fingerprint density at radius 1 is 1.29 bits per heavy atom. The molecule has 0 aliphatic carbocycles. The third kappa shape index (κ3) is 2.85. The number of carbonyl (C=O) groups is 1. The zero-order valence-electron chi connectivity index (χ0n) is 9.01. The molecule has 0 spiro atoms. The van der Waals surface area contributed by atoms with Gasteiger partial charge in [-0.1, -0.05) is 23.7 Å². The molecule has 0 unspecified atom stereocenters. The van der Waals surface area contributed by atoms with E-state index in [-0.39, 0.29) is 5.69 Å². The zero-order chi connectivity index (χ0) is 12.3. The Labute approximate surface area is 103 Å². The quantitative estimate of drug-likeness (QED) is 0.907. The highest BCUT2D eigenvalue weighted by Crippen LogP contribution is 2.11. The summed E-state index contributed by atoms with van der Waals surface area (Å²) in [4.78, 5) is 10.9. The van der Waals surface area contributed by atoms with Gasteiger partial charge in [0.1, 0.15) is 5.69 Å². The van der Waals surface area contributed by atoms with Crippen molar-refractivity contribution < 1.29 is 9.90 Å². The van der Waals surface area contributed by atoms with Crippen LogP contribution in [0.15, 0.2) is 36.5 Å². The number of carboxylic acids is 1. The van der Waals surface area contributed by atoms with Crippen molar-refractivity contribution in [3.8, 4) is 0 Å². The number of hydrogen-bond donors (Lipinski definition) is 1. The molecule has 88 valence electrons. The van der Waals surface area contributed by atoms with E-state index in [1.54, 1.807) is 0 Å². The third-order valence-electron chi connectivity index (χ3n) is 2.46. The minimum absolute atomic E-state index is 0.207. The van der Waals surface area contributed by atoms with Crippen LogP contribution in [0.3, 0.4) is 0 Å². The van der Waals surface area contributed by atoms with Crippen molar-refractivity contribution in [2.24, 2.45) is 0 Å². The first-order valence-electron chi connectivity index (χ1n) is 5.16. The van der Waals surface area contributed by atoms with Crippen molar-refractivity contribution in [3.05, 3.63) is 52.8 Å². The molecule has 0 fully saturated rings. The lowest BCUT2D eigenvalue weighted by atomic mass is 10.1. The van der Waals surface area contributed by atoms with Crippen molar-refractivity contribution >= 4 is 17.6 Å². The standard InChI is InChI=1S/C12H11ClN2O2/c13-10-3-1-9(2-4-10)6-8-15-11(12(16)17)5-7-14-15/h1-5,7H,6,8H2,(H,16,17). The van der Waals surface area contributed by atoms with Crippen LogP contribution in [0.5, 0.6) is 0 Å². The van der Waals surface area contributed by atoms with Crippen molar-refractivity contribution in [3.63, 3.8) is 0 Å². The molecular formula is C12H11ClN2O2. The summed E-state index contributed by atoms with van der Waals surface area (Å²) in [5.41, 5.74) is 1.31. The maximum Gasteiger partial charge on any atom is 0.354 e. The highest BCUT2D eigenvalue weighted by Gasteiger charge is 2.09. The van der Waals surface area contributed by atoms with Crippen molar-refractivity contribution in [2.75, 3.05) is 0 Å². The molecule has 0 saturated heterocycles. The van der Waals surface area contributed by atoms with E-state index in [0.29, 0.717) is 11.6 Å². The van der Waals surface area contributed by atoms with E-state index in [1.807, 2.05) is 24.3 Å². The van der Waals surface area contributed by atoms with Crippen LogP contribution in [0, 0.1) is 0 Å². The molecule has 1 aromatic heterocycles. The smallest absolute Gasteiger partial charge is 0.354 e. The predicted molar refractivity (Wildman–Crippen MR) is 64.3 cm³/mol. The molecular weight excluding hydrogens is 240 g/mol. The molecule has 0 radical (unpaired) electrons. The van der Waals surface area contributed by atoms with Gasteiger partial charge in [0, 0.05) is 17.8 Å². The highest BCUT2D eigenvalue weighted by atomic mass is 35.5. The molecule has 0 bridgehead atoms. The minimum atomic E-state index is -0.960. The van der Waals surface area contributed by atoms with Gasteiger partial charge < -0.3 is 5.11 Å². The molecule has 1 aromatic carbocycles. The number of benzene rings is 1. The Hall–Kier alpha value is -1.81. The summed E-state index contributed by atoms with van der Waals surface area (Å²) in [5.74, 6) is -0.960. The largest absolute Gasteiger partial charge is 0.477 e. The molecule has 1 heterocycles. The number of carboxylic acid groups (broad SMARTS) is 1. The first kappa shape index (κ1) is 11.7. The van der Waals surface area contributed by atoms with Crippen molar-refractivity contribution in [2.45, 2.75) is 13.0 Å². The lowest BCUT2D eigenvalue weighted by molar-refractivity contribution is 0.0683. The summed E-state index contributed by atoms with van der Waals surface area (Å²) in [5, 5.41) is 13.6. The van der Waals surface area contributed by atoms with Gasteiger partial charge >= 0.3 is 5.97 Å². The number of rotatable bonds is 4. The van der Waals surface area contributed by atoms with Gasteiger partial charge in [-0.2, -0.15) is 5.10 Å². The molecule has 0 atom stereocenters. The van der Waals surface area contributed by atoms with E-state index in [2.05, 4.69) is 5.10 Å². The maximum absolute atomic E-state index is 10.9. The summed E-state index contributed by atoms with van der Waals surface area (Å²) in [6.07, 6.45) is 2.21. The molecule has 1 N–H and O–H groups in total. The molecule has 2 aromatic rings. The number of aromatic nitrogens is 2. The van der Waals surface area contributed by atoms with E-state index in [9.17, 15) is 4.79 Å². The van der Waals surface area contributed by atoms with Crippen LogP contribution >= 0.6 is 11.6 Å². The maximum atomic E-state index is 10.9. The monoisotopic (exact) mass is 250 g/mol. The minimum Gasteiger partial charge on any atom is -0.477 e. The Bertz CT molecular complexity index is 520. The van der Waals surface area contributed by atoms with Gasteiger partial charge in [0.15, 0.2) is 0 Å². The molecule has 4 nitrogen and oxygen atoms in total. The zero-order valence-corrected chi connectivity index (χ0v) is 9.76. The Morgan fingerprint density at radius 3 is 2.65 bits per heavy atom. The Kier molecular flexibility index (Phi) is 3.44. The Morgan fingerprint density at radius 2 is 2.00 bits per heavy atom. The molecule has 2 rings (SSSR count). The molecule has 0 saturated carbocycles. The second-order valence-electron chi connectivity index (χ2n) is 3.62. The Balaban J connectivity index is 2.05. The van der Waals surface area contributed by atoms with Gasteiger partial charge in [-0.25, -0.2) is 4.79 Å².